The molecule has 1 atom stereocenters. The number of nitrogens with zero attached hydrogens (tertiary/aromatic N) is 1. The predicted octanol–water partition coefficient (Wildman–Crippen LogP) is 1.64. The third-order valence-corrected chi connectivity index (χ3v) is 5.68. The second-order valence-electron chi connectivity index (χ2n) is 6.61. The molecule has 0 radical (unpaired) electrons. The third-order valence-electron chi connectivity index (χ3n) is 4.20. The fraction of sp³-hybridized carbons (Fsp3) is 0.632. The van der Waals surface area contributed by atoms with Gasteiger partial charge in [0.1, 0.15) is 0 Å². The molecule has 1 unspecified atom stereocenters. The first kappa shape index (κ1) is 26.1. The van der Waals surface area contributed by atoms with Crippen LogP contribution in [0.2, 0.25) is 0 Å². The number of rotatable bonds is 11. The van der Waals surface area contributed by atoms with Crippen LogP contribution in [0.5, 0.6) is 0 Å². The fourth-order valence-electron chi connectivity index (χ4n) is 2.66. The number of hydrogen-bond donors (Lipinski definition) is 3. The first-order chi connectivity index (χ1) is 13.5. The first-order valence-corrected chi connectivity index (χ1v) is 11.3. The zero-order valence-electron chi connectivity index (χ0n) is 17.1. The maximum absolute atomic E-state index is 12.3. The van der Waals surface area contributed by atoms with Gasteiger partial charge in [-0.05, 0) is 38.8 Å². The average Bonchev–Trinajstić information content (AvgIpc) is 3.18. The molecule has 10 heteroatoms. The molecule has 1 fully saturated rings. The van der Waals surface area contributed by atoms with Crippen molar-refractivity contribution in [2.24, 2.45) is 4.99 Å². The molecule has 0 amide bonds. The molecule has 0 aliphatic carbocycles. The van der Waals surface area contributed by atoms with E-state index in [4.69, 9.17) is 9.47 Å². The maximum atomic E-state index is 12.3. The van der Waals surface area contributed by atoms with E-state index in [0.29, 0.717) is 32.3 Å². The number of hydrogen-bond acceptors (Lipinski definition) is 5. The van der Waals surface area contributed by atoms with Crippen LogP contribution in [0.25, 0.3) is 0 Å². The van der Waals surface area contributed by atoms with Crippen molar-refractivity contribution >= 4 is 40.0 Å². The summed E-state index contributed by atoms with van der Waals surface area (Å²) in [5, 5.41) is 6.29. The topological polar surface area (TPSA) is 101 Å². The number of nitrogens with one attached hydrogen (secondary N) is 3. The molecule has 0 saturated carbocycles. The molecule has 1 saturated heterocycles. The standard InChI is InChI=1S/C19H32N4O4S.HI/c1-3-20-19(21-10-4-13-27-17-9-14-26-15-17)22-11-12-23-28(24,25)18-7-5-16(2)6-8-18;/h5-8,17,23H,3-4,9-15H2,1-2H3,(H2,20,21,22);1H. The van der Waals surface area contributed by atoms with E-state index in [0.717, 1.165) is 31.6 Å². The molecule has 0 bridgehead atoms. The monoisotopic (exact) mass is 540 g/mol. The molecule has 3 N–H and O–H groups in total. The van der Waals surface area contributed by atoms with E-state index in [1.54, 1.807) is 24.3 Å². The van der Waals surface area contributed by atoms with E-state index in [1.165, 1.54) is 0 Å². The van der Waals surface area contributed by atoms with E-state index >= 15 is 0 Å². The minimum atomic E-state index is -3.50. The van der Waals surface area contributed by atoms with Crippen molar-refractivity contribution in [1.29, 1.82) is 0 Å². The van der Waals surface area contributed by atoms with Crippen LogP contribution in [0.3, 0.4) is 0 Å². The Morgan fingerprint density at radius 2 is 2.00 bits per heavy atom. The molecule has 0 spiro atoms. The van der Waals surface area contributed by atoms with Gasteiger partial charge >= 0.3 is 0 Å². The molecule has 0 aromatic heterocycles. The Bertz CT molecular complexity index is 707. The number of sulfonamides is 1. The summed E-state index contributed by atoms with van der Waals surface area (Å²) in [6.45, 7) is 8.11. The number of guanidine groups is 1. The summed E-state index contributed by atoms with van der Waals surface area (Å²) in [4.78, 5) is 4.76. The summed E-state index contributed by atoms with van der Waals surface area (Å²) in [6, 6.07) is 6.78. The summed E-state index contributed by atoms with van der Waals surface area (Å²) >= 11 is 0. The Morgan fingerprint density at radius 3 is 2.66 bits per heavy atom. The van der Waals surface area contributed by atoms with E-state index in [9.17, 15) is 8.42 Å². The molecule has 1 aliphatic heterocycles. The molecule has 1 aliphatic rings. The lowest BCUT2D eigenvalue weighted by molar-refractivity contribution is 0.0424. The van der Waals surface area contributed by atoms with E-state index in [2.05, 4.69) is 20.3 Å². The number of aryl methyl sites for hydroxylation is 1. The van der Waals surface area contributed by atoms with Gasteiger partial charge in [0.2, 0.25) is 10.0 Å². The van der Waals surface area contributed by atoms with Crippen LogP contribution >= 0.6 is 24.0 Å². The molecule has 1 heterocycles. The molecule has 8 nitrogen and oxygen atoms in total. The van der Waals surface area contributed by atoms with Gasteiger partial charge in [-0.3, -0.25) is 4.99 Å². The second kappa shape index (κ2) is 14.1. The Hall–Kier alpha value is -0.950. The van der Waals surface area contributed by atoms with Crippen molar-refractivity contribution in [3.05, 3.63) is 29.8 Å². The van der Waals surface area contributed by atoms with Crippen LogP contribution in [0.1, 0.15) is 25.3 Å². The number of benzene rings is 1. The van der Waals surface area contributed by atoms with Gasteiger partial charge in [-0.15, -0.1) is 24.0 Å². The van der Waals surface area contributed by atoms with Gasteiger partial charge in [0.15, 0.2) is 5.96 Å². The smallest absolute Gasteiger partial charge is 0.240 e. The zero-order valence-corrected chi connectivity index (χ0v) is 20.3. The molecular weight excluding hydrogens is 507 g/mol. The Balaban J connectivity index is 0.00000420. The third kappa shape index (κ3) is 10.1. The van der Waals surface area contributed by atoms with Crippen LogP contribution in [-0.4, -0.2) is 66.5 Å². The summed E-state index contributed by atoms with van der Waals surface area (Å²) in [7, 11) is -3.50. The second-order valence-corrected chi connectivity index (χ2v) is 8.38. The number of aliphatic imine (C=N–C) groups is 1. The van der Waals surface area contributed by atoms with Crippen LogP contribution in [0.4, 0.5) is 0 Å². The van der Waals surface area contributed by atoms with Crippen molar-refractivity contribution in [2.75, 3.05) is 46.0 Å². The highest BCUT2D eigenvalue weighted by molar-refractivity contribution is 14.0. The van der Waals surface area contributed by atoms with Crippen molar-refractivity contribution in [2.45, 2.75) is 37.7 Å². The lowest BCUT2D eigenvalue weighted by Crippen LogP contribution is -2.41. The van der Waals surface area contributed by atoms with Crippen molar-refractivity contribution in [1.82, 2.24) is 15.4 Å². The van der Waals surface area contributed by atoms with E-state index in [-0.39, 0.29) is 41.5 Å². The average molecular weight is 540 g/mol. The molecule has 1 aromatic rings. The minimum Gasteiger partial charge on any atom is -0.379 e. The van der Waals surface area contributed by atoms with Gasteiger partial charge in [-0.2, -0.15) is 0 Å². The number of ether oxygens (including phenoxy) is 2. The molecule has 1 aromatic carbocycles. The SMILES string of the molecule is CCNC(=NCCCOC1CCOC1)NCCNS(=O)(=O)c1ccc(C)cc1.I. The van der Waals surface area contributed by atoms with E-state index < -0.39 is 10.0 Å². The molecular formula is C19H33IN4O4S. The quantitative estimate of drug-likeness (QED) is 0.171. The zero-order chi connectivity index (χ0) is 20.2. The van der Waals surface area contributed by atoms with Gasteiger partial charge in [0, 0.05) is 39.4 Å². The van der Waals surface area contributed by atoms with Gasteiger partial charge in [-0.25, -0.2) is 13.1 Å². The first-order valence-electron chi connectivity index (χ1n) is 9.79. The normalized spacial score (nSPS) is 17.0. The van der Waals surface area contributed by atoms with Crippen LogP contribution in [0.15, 0.2) is 34.2 Å². The molecule has 29 heavy (non-hydrogen) atoms. The fourth-order valence-corrected chi connectivity index (χ4v) is 3.69. The highest BCUT2D eigenvalue weighted by Crippen LogP contribution is 2.09. The molecule has 166 valence electrons. The Labute approximate surface area is 191 Å². The van der Waals surface area contributed by atoms with Gasteiger partial charge in [0.25, 0.3) is 0 Å². The van der Waals surface area contributed by atoms with Crippen LogP contribution in [0, 0.1) is 6.92 Å². The maximum Gasteiger partial charge on any atom is 0.240 e. The highest BCUT2D eigenvalue weighted by atomic mass is 127. The number of halogens is 1. The van der Waals surface area contributed by atoms with Gasteiger partial charge < -0.3 is 20.1 Å². The summed E-state index contributed by atoms with van der Waals surface area (Å²) in [5.41, 5.74) is 1.02. The highest BCUT2D eigenvalue weighted by Gasteiger charge is 2.15. The molecule has 2 rings (SSSR count). The van der Waals surface area contributed by atoms with Crippen molar-refractivity contribution in [3.8, 4) is 0 Å². The summed E-state index contributed by atoms with van der Waals surface area (Å²) in [5.74, 6) is 0.668. The Morgan fingerprint density at radius 1 is 1.24 bits per heavy atom. The van der Waals surface area contributed by atoms with E-state index in [1.807, 2.05) is 13.8 Å². The van der Waals surface area contributed by atoms with Gasteiger partial charge in [-0.1, -0.05) is 17.7 Å². The Kier molecular flexibility index (Phi) is 12.7. The lowest BCUT2D eigenvalue weighted by atomic mass is 10.2. The summed E-state index contributed by atoms with van der Waals surface area (Å²) in [6.07, 6.45) is 2.01. The lowest BCUT2D eigenvalue weighted by Gasteiger charge is -2.12. The van der Waals surface area contributed by atoms with Gasteiger partial charge in [0.05, 0.1) is 17.6 Å². The van der Waals surface area contributed by atoms with Crippen molar-refractivity contribution < 1.29 is 17.9 Å². The van der Waals surface area contributed by atoms with Crippen LogP contribution < -0.4 is 15.4 Å². The van der Waals surface area contributed by atoms with Crippen LogP contribution in [-0.2, 0) is 19.5 Å². The minimum absolute atomic E-state index is 0. The largest absolute Gasteiger partial charge is 0.379 e. The predicted molar refractivity (Wildman–Crippen MR) is 126 cm³/mol. The summed E-state index contributed by atoms with van der Waals surface area (Å²) < 4.78 is 38.1. The van der Waals surface area contributed by atoms with Crippen molar-refractivity contribution in [3.63, 3.8) is 0 Å².